The molecule has 0 spiro atoms. The maximum absolute atomic E-state index is 5.59. The predicted octanol–water partition coefficient (Wildman–Crippen LogP) is 5.02. The van der Waals surface area contributed by atoms with Crippen LogP contribution in [0.5, 0.6) is 0 Å². The number of nitrogens with zero attached hydrogens (tertiary/aromatic N) is 7. The molecule has 9 heteroatoms. The number of unbranched alkanes of at least 4 members (excludes halogenated alkanes) is 1. The topological polar surface area (TPSA) is 40.9 Å². The quantitative estimate of drug-likeness (QED) is 0.345. The molecule has 0 aliphatic carbocycles. The maximum Gasteiger partial charge on any atom is 0.212 e. The minimum Gasteiger partial charge on any atom is -0.255 e. The molecule has 174 valence electrons. The molecule has 1 aromatic rings. The summed E-state index contributed by atoms with van der Waals surface area (Å²) in [5.74, 6) is 0. The number of rotatable bonds is 11. The van der Waals surface area contributed by atoms with Gasteiger partial charge in [-0.25, -0.2) is 9.34 Å². The highest BCUT2D eigenvalue weighted by Crippen LogP contribution is 2.67. The average molecular weight is 458 g/mol. The van der Waals surface area contributed by atoms with Gasteiger partial charge in [0.05, 0.1) is 0 Å². The van der Waals surface area contributed by atoms with E-state index in [-0.39, 0.29) is 0 Å². The van der Waals surface area contributed by atoms with E-state index in [0.29, 0.717) is 0 Å². The lowest BCUT2D eigenvalue weighted by atomic mass is 10.1. The van der Waals surface area contributed by atoms with Crippen molar-refractivity contribution in [2.24, 2.45) is 9.26 Å². The van der Waals surface area contributed by atoms with Crippen molar-refractivity contribution in [2.75, 3.05) is 77.0 Å². The molecule has 0 N–H and O–H groups in total. The minimum atomic E-state index is -2.20. The van der Waals surface area contributed by atoms with Gasteiger partial charge in [0.2, 0.25) is 7.51 Å². The first-order valence-corrected chi connectivity index (χ1v) is 13.8. The van der Waals surface area contributed by atoms with Gasteiger partial charge in [-0.05, 0) is 102 Å². The van der Waals surface area contributed by atoms with Gasteiger partial charge in [0.15, 0.2) is 7.51 Å². The lowest BCUT2D eigenvalue weighted by Crippen LogP contribution is -2.32. The van der Waals surface area contributed by atoms with Crippen molar-refractivity contribution in [1.29, 1.82) is 0 Å². The monoisotopic (exact) mass is 457 g/mol. The van der Waals surface area contributed by atoms with E-state index >= 15 is 0 Å². The Kier molecular flexibility index (Phi) is 10.9. The summed E-state index contributed by atoms with van der Waals surface area (Å²) in [6.45, 7) is 2.96. The molecule has 0 heterocycles. The molecule has 0 aliphatic rings. The molecule has 0 saturated heterocycles. The Morgan fingerprint density at radius 1 is 0.667 bits per heavy atom. The van der Waals surface area contributed by atoms with Gasteiger partial charge in [-0.3, -0.25) is 18.8 Å². The summed E-state index contributed by atoms with van der Waals surface area (Å²) >= 11 is 0. The molecule has 1 aromatic carbocycles. The fourth-order valence-corrected chi connectivity index (χ4v) is 12.2. The first-order chi connectivity index (χ1) is 13.9. The fraction of sp³-hybridized carbons (Fsp3) is 0.714. The standard InChI is InChI=1S/C21H45N7P2/c1-20-15-17-21(18-16-20)14-12-13-19-22-29(24(2)3,25(4)5)23-30(26(6)7,27(8)9)28(10)11/h15-18H,12-14,19H2,1-11H3. The van der Waals surface area contributed by atoms with Gasteiger partial charge in [-0.1, -0.05) is 29.8 Å². The van der Waals surface area contributed by atoms with E-state index < -0.39 is 15.0 Å². The van der Waals surface area contributed by atoms with Crippen LogP contribution in [0.2, 0.25) is 0 Å². The Morgan fingerprint density at radius 2 is 1.13 bits per heavy atom. The van der Waals surface area contributed by atoms with E-state index in [1.165, 1.54) is 11.1 Å². The van der Waals surface area contributed by atoms with E-state index in [2.05, 4.69) is 125 Å². The first-order valence-electron chi connectivity index (χ1n) is 10.6. The summed E-state index contributed by atoms with van der Waals surface area (Å²) < 4.78 is 22.1. The summed E-state index contributed by atoms with van der Waals surface area (Å²) in [6.07, 6.45) is 3.32. The van der Waals surface area contributed by atoms with Crippen LogP contribution in [-0.4, -0.2) is 100 Å². The van der Waals surface area contributed by atoms with Crippen molar-refractivity contribution < 1.29 is 0 Å². The second kappa shape index (κ2) is 11.9. The van der Waals surface area contributed by atoms with Crippen molar-refractivity contribution in [1.82, 2.24) is 23.4 Å². The number of aryl methyl sites for hydroxylation is 2. The fourth-order valence-electron chi connectivity index (χ4n) is 3.67. The predicted molar refractivity (Wildman–Crippen MR) is 136 cm³/mol. The molecule has 0 radical (unpaired) electrons. The lowest BCUT2D eigenvalue weighted by molar-refractivity contribution is 0.472. The van der Waals surface area contributed by atoms with Gasteiger partial charge in [-0.2, -0.15) is 4.52 Å². The molecule has 0 amide bonds. The molecule has 30 heavy (non-hydrogen) atoms. The zero-order valence-corrected chi connectivity index (χ0v) is 23.0. The molecule has 0 fully saturated rings. The molecular weight excluding hydrogens is 412 g/mol. The lowest BCUT2D eigenvalue weighted by Gasteiger charge is -2.44. The van der Waals surface area contributed by atoms with Gasteiger partial charge in [0.1, 0.15) is 0 Å². The van der Waals surface area contributed by atoms with Gasteiger partial charge in [0.25, 0.3) is 0 Å². The minimum absolute atomic E-state index is 0.827. The van der Waals surface area contributed by atoms with Crippen LogP contribution < -0.4 is 0 Å². The van der Waals surface area contributed by atoms with Crippen molar-refractivity contribution in [2.45, 2.75) is 26.2 Å². The third kappa shape index (κ3) is 6.49. The van der Waals surface area contributed by atoms with Gasteiger partial charge in [0, 0.05) is 6.54 Å². The zero-order valence-electron chi connectivity index (χ0n) is 21.2. The van der Waals surface area contributed by atoms with E-state index in [0.717, 1.165) is 25.8 Å². The Morgan fingerprint density at radius 3 is 1.53 bits per heavy atom. The van der Waals surface area contributed by atoms with Crippen molar-refractivity contribution in [3.63, 3.8) is 0 Å². The summed E-state index contributed by atoms with van der Waals surface area (Å²) in [5.41, 5.74) is 2.72. The van der Waals surface area contributed by atoms with Crippen LogP contribution in [0.25, 0.3) is 0 Å². The SMILES string of the molecule is Cc1ccc(CCCCN=P(N=P(N(C)C)(N(C)C)N(C)C)(N(C)C)N(C)C)cc1. The highest BCUT2D eigenvalue weighted by molar-refractivity contribution is 7.71. The third-order valence-electron chi connectivity index (χ3n) is 5.21. The number of hydrogen-bond acceptors (Lipinski definition) is 1. The van der Waals surface area contributed by atoms with Crippen molar-refractivity contribution in [3.05, 3.63) is 35.4 Å². The highest BCUT2D eigenvalue weighted by atomic mass is 31.2. The van der Waals surface area contributed by atoms with Gasteiger partial charge >= 0.3 is 0 Å². The molecule has 0 unspecified atom stereocenters. The Balaban J connectivity index is 3.22. The number of benzene rings is 1. The average Bonchev–Trinajstić information content (AvgIpc) is 2.64. The molecule has 0 aromatic heterocycles. The normalized spacial score (nSPS) is 13.2. The van der Waals surface area contributed by atoms with E-state index in [4.69, 9.17) is 9.26 Å². The Hall–Kier alpha value is -0.520. The largest absolute Gasteiger partial charge is 0.255 e. The Labute approximate surface area is 186 Å². The molecule has 0 atom stereocenters. The summed E-state index contributed by atoms with van der Waals surface area (Å²) in [4.78, 5) is 0. The van der Waals surface area contributed by atoms with Crippen LogP contribution >= 0.6 is 15.0 Å². The van der Waals surface area contributed by atoms with Gasteiger partial charge < -0.3 is 0 Å². The zero-order chi connectivity index (χ0) is 23.1. The van der Waals surface area contributed by atoms with Crippen molar-refractivity contribution in [3.8, 4) is 0 Å². The molecule has 0 saturated carbocycles. The second-order valence-corrected chi connectivity index (χ2v) is 15.9. The first kappa shape index (κ1) is 27.5. The van der Waals surface area contributed by atoms with E-state index in [1.54, 1.807) is 0 Å². The van der Waals surface area contributed by atoms with Crippen molar-refractivity contribution >= 4 is 15.0 Å². The summed E-state index contributed by atoms with van der Waals surface area (Å²) in [7, 11) is 16.9. The Bertz CT molecular complexity index is 713. The summed E-state index contributed by atoms with van der Waals surface area (Å²) in [6, 6.07) is 8.87. The van der Waals surface area contributed by atoms with E-state index in [9.17, 15) is 0 Å². The van der Waals surface area contributed by atoms with Crippen LogP contribution in [0.15, 0.2) is 33.5 Å². The molecule has 1 rings (SSSR count). The molecule has 0 bridgehead atoms. The van der Waals surface area contributed by atoms with E-state index in [1.807, 2.05) is 0 Å². The summed E-state index contributed by atoms with van der Waals surface area (Å²) in [5, 5.41) is 0. The smallest absolute Gasteiger partial charge is 0.212 e. The van der Waals surface area contributed by atoms with Crippen LogP contribution in [0, 0.1) is 6.92 Å². The second-order valence-electron chi connectivity index (χ2n) is 8.71. The third-order valence-corrected chi connectivity index (χ3v) is 13.1. The maximum atomic E-state index is 5.59. The molecule has 7 nitrogen and oxygen atoms in total. The number of hydrogen-bond donors (Lipinski definition) is 0. The van der Waals surface area contributed by atoms with Crippen LogP contribution in [-0.2, 0) is 6.42 Å². The molecular formula is C21H45N7P2. The van der Waals surface area contributed by atoms with Crippen LogP contribution in [0.4, 0.5) is 0 Å². The van der Waals surface area contributed by atoms with Crippen LogP contribution in [0.3, 0.4) is 0 Å². The molecule has 0 aliphatic heterocycles. The van der Waals surface area contributed by atoms with Crippen LogP contribution in [0.1, 0.15) is 24.0 Å². The highest BCUT2D eigenvalue weighted by Gasteiger charge is 2.35. The van der Waals surface area contributed by atoms with Gasteiger partial charge in [-0.15, -0.1) is 0 Å².